The smallest absolute Gasteiger partial charge is 0.227 e. The quantitative estimate of drug-likeness (QED) is 0.599. The summed E-state index contributed by atoms with van der Waals surface area (Å²) >= 11 is 0. The topological polar surface area (TPSA) is 53.1 Å². The summed E-state index contributed by atoms with van der Waals surface area (Å²) in [6, 6.07) is 18.2. The summed E-state index contributed by atoms with van der Waals surface area (Å²) in [5, 5.41) is 0. The number of nitrogens with zero attached hydrogens (tertiary/aromatic N) is 3. The Hall–Kier alpha value is -2.86. The van der Waals surface area contributed by atoms with Crippen LogP contribution in [0.1, 0.15) is 36.8 Å². The average Bonchev–Trinajstić information content (AvgIpc) is 3.37. The molecule has 2 fully saturated rings. The van der Waals surface area contributed by atoms with Gasteiger partial charge in [-0.25, -0.2) is 0 Å². The van der Waals surface area contributed by atoms with Gasteiger partial charge >= 0.3 is 0 Å². The number of carbonyl (C=O) groups is 2. The highest BCUT2D eigenvalue weighted by Gasteiger charge is 2.33. The zero-order chi connectivity index (χ0) is 23.9. The third-order valence-electron chi connectivity index (χ3n) is 6.91. The molecule has 2 aromatic carbocycles. The van der Waals surface area contributed by atoms with Crippen molar-refractivity contribution in [3.63, 3.8) is 0 Å². The fraction of sp³-hybridized carbons (Fsp3) is 0.500. The monoisotopic (exact) mass is 463 g/mol. The molecule has 0 aliphatic carbocycles. The van der Waals surface area contributed by atoms with Gasteiger partial charge in [-0.05, 0) is 48.9 Å². The van der Waals surface area contributed by atoms with Crippen LogP contribution < -0.4 is 4.90 Å². The molecule has 6 heteroatoms. The lowest BCUT2D eigenvalue weighted by Gasteiger charge is -2.36. The number of hydrogen-bond acceptors (Lipinski definition) is 4. The molecule has 2 aromatic rings. The second kappa shape index (κ2) is 11.5. The number of rotatable bonds is 8. The maximum atomic E-state index is 13.7. The van der Waals surface area contributed by atoms with E-state index in [1.807, 2.05) is 54.2 Å². The Morgan fingerprint density at radius 3 is 2.41 bits per heavy atom. The summed E-state index contributed by atoms with van der Waals surface area (Å²) in [7, 11) is 4.05. The maximum Gasteiger partial charge on any atom is 0.227 e. The number of benzene rings is 2. The SMILES string of the molecule is CN(C)c1ccc(CN(CC2CCCO2)C(=O)C2CCCN(C(=O)Cc3ccccc3)C2)cc1. The molecular formula is C28H37N3O3. The molecule has 0 N–H and O–H groups in total. The van der Waals surface area contributed by atoms with Crippen LogP contribution in [0.2, 0.25) is 0 Å². The summed E-state index contributed by atoms with van der Waals surface area (Å²) < 4.78 is 5.87. The fourth-order valence-corrected chi connectivity index (χ4v) is 4.93. The number of carbonyl (C=O) groups excluding carboxylic acids is 2. The van der Waals surface area contributed by atoms with E-state index >= 15 is 0 Å². The van der Waals surface area contributed by atoms with Gasteiger partial charge in [-0.15, -0.1) is 0 Å². The lowest BCUT2D eigenvalue weighted by molar-refractivity contribution is -0.142. The predicted molar refractivity (Wildman–Crippen MR) is 135 cm³/mol. The van der Waals surface area contributed by atoms with Crippen LogP contribution in [0.3, 0.4) is 0 Å². The van der Waals surface area contributed by atoms with Gasteiger partial charge in [-0.3, -0.25) is 9.59 Å². The van der Waals surface area contributed by atoms with Crippen LogP contribution >= 0.6 is 0 Å². The van der Waals surface area contributed by atoms with Crippen molar-refractivity contribution < 1.29 is 14.3 Å². The van der Waals surface area contributed by atoms with Gasteiger partial charge in [-0.1, -0.05) is 42.5 Å². The van der Waals surface area contributed by atoms with E-state index < -0.39 is 0 Å². The van der Waals surface area contributed by atoms with E-state index in [9.17, 15) is 9.59 Å². The van der Waals surface area contributed by atoms with Crippen molar-refractivity contribution in [2.75, 3.05) is 45.2 Å². The van der Waals surface area contributed by atoms with Crippen molar-refractivity contribution >= 4 is 17.5 Å². The molecule has 34 heavy (non-hydrogen) atoms. The highest BCUT2D eigenvalue weighted by atomic mass is 16.5. The number of likely N-dealkylation sites (tertiary alicyclic amines) is 1. The van der Waals surface area contributed by atoms with Crippen molar-refractivity contribution in [1.82, 2.24) is 9.80 Å². The molecule has 2 aliphatic heterocycles. The molecule has 0 bridgehead atoms. The molecule has 0 saturated carbocycles. The van der Waals surface area contributed by atoms with Crippen molar-refractivity contribution in [1.29, 1.82) is 0 Å². The predicted octanol–water partition coefficient (Wildman–Crippen LogP) is 3.74. The maximum absolute atomic E-state index is 13.7. The van der Waals surface area contributed by atoms with Crippen LogP contribution in [0.25, 0.3) is 0 Å². The highest BCUT2D eigenvalue weighted by Crippen LogP contribution is 2.24. The minimum absolute atomic E-state index is 0.101. The van der Waals surface area contributed by atoms with E-state index in [1.165, 1.54) is 0 Å². The normalized spacial score (nSPS) is 20.2. The highest BCUT2D eigenvalue weighted by molar-refractivity contribution is 5.82. The Bertz CT molecular complexity index is 939. The standard InChI is InChI=1S/C28H37N3O3/c1-29(2)25-14-12-23(13-15-25)19-31(21-26-11-7-17-34-26)28(33)24-10-6-16-30(20-24)27(32)18-22-8-4-3-5-9-22/h3-5,8-9,12-15,24,26H,6-7,10-11,16-21H2,1-2H3. The zero-order valence-electron chi connectivity index (χ0n) is 20.5. The molecule has 2 aliphatic rings. The van der Waals surface area contributed by atoms with E-state index in [-0.39, 0.29) is 23.8 Å². The first kappa shape index (κ1) is 24.3. The van der Waals surface area contributed by atoms with E-state index in [1.54, 1.807) is 0 Å². The van der Waals surface area contributed by atoms with Crippen molar-refractivity contribution in [3.05, 3.63) is 65.7 Å². The second-order valence-electron chi connectivity index (χ2n) is 9.76. The molecule has 182 valence electrons. The summed E-state index contributed by atoms with van der Waals surface area (Å²) in [6.45, 7) is 3.19. The van der Waals surface area contributed by atoms with E-state index in [4.69, 9.17) is 4.74 Å². The van der Waals surface area contributed by atoms with Crippen LogP contribution in [0, 0.1) is 5.92 Å². The lowest BCUT2D eigenvalue weighted by atomic mass is 9.95. The molecule has 0 aromatic heterocycles. The van der Waals surface area contributed by atoms with Crippen LogP contribution in [-0.4, -0.2) is 68.1 Å². The Kier molecular flexibility index (Phi) is 8.22. The molecule has 0 radical (unpaired) electrons. The Balaban J connectivity index is 1.43. The largest absolute Gasteiger partial charge is 0.378 e. The van der Waals surface area contributed by atoms with Gasteiger partial charge in [0, 0.05) is 52.6 Å². The molecule has 2 amide bonds. The van der Waals surface area contributed by atoms with Gasteiger partial charge in [0.25, 0.3) is 0 Å². The van der Waals surface area contributed by atoms with Crippen LogP contribution in [-0.2, 0) is 27.3 Å². The van der Waals surface area contributed by atoms with Gasteiger partial charge in [-0.2, -0.15) is 0 Å². The number of piperidine rings is 1. The van der Waals surface area contributed by atoms with Gasteiger partial charge in [0.15, 0.2) is 0 Å². The van der Waals surface area contributed by atoms with Gasteiger partial charge < -0.3 is 19.4 Å². The molecule has 2 saturated heterocycles. The second-order valence-corrected chi connectivity index (χ2v) is 9.76. The Morgan fingerprint density at radius 2 is 1.74 bits per heavy atom. The molecular weight excluding hydrogens is 426 g/mol. The van der Waals surface area contributed by atoms with E-state index in [2.05, 4.69) is 29.2 Å². The minimum atomic E-state index is -0.157. The first-order valence-corrected chi connectivity index (χ1v) is 12.5. The molecule has 6 nitrogen and oxygen atoms in total. The van der Waals surface area contributed by atoms with E-state index in [0.29, 0.717) is 26.1 Å². The summed E-state index contributed by atoms with van der Waals surface area (Å²) in [6.07, 6.45) is 4.23. The number of ether oxygens (including phenoxy) is 1. The fourth-order valence-electron chi connectivity index (χ4n) is 4.93. The molecule has 2 atom stereocenters. The molecule has 2 unspecified atom stereocenters. The van der Waals surface area contributed by atoms with Crippen molar-refractivity contribution in [2.24, 2.45) is 5.92 Å². The van der Waals surface area contributed by atoms with Crippen LogP contribution in [0.15, 0.2) is 54.6 Å². The van der Waals surface area contributed by atoms with Gasteiger partial charge in [0.05, 0.1) is 18.4 Å². The first-order chi connectivity index (χ1) is 16.5. The third-order valence-corrected chi connectivity index (χ3v) is 6.91. The van der Waals surface area contributed by atoms with Crippen molar-refractivity contribution in [2.45, 2.75) is 44.8 Å². The number of anilines is 1. The lowest BCUT2D eigenvalue weighted by Crippen LogP contribution is -2.48. The average molecular weight is 464 g/mol. The number of hydrogen-bond donors (Lipinski definition) is 0. The van der Waals surface area contributed by atoms with Crippen LogP contribution in [0.5, 0.6) is 0 Å². The third kappa shape index (κ3) is 6.38. The summed E-state index contributed by atoms with van der Waals surface area (Å²) in [5.74, 6) is 0.0916. The molecule has 0 spiro atoms. The number of amides is 2. The summed E-state index contributed by atoms with van der Waals surface area (Å²) in [4.78, 5) is 32.6. The molecule has 4 rings (SSSR count). The molecule has 2 heterocycles. The minimum Gasteiger partial charge on any atom is -0.378 e. The van der Waals surface area contributed by atoms with Gasteiger partial charge in [0.1, 0.15) is 0 Å². The summed E-state index contributed by atoms with van der Waals surface area (Å²) in [5.41, 5.74) is 3.27. The van der Waals surface area contributed by atoms with Gasteiger partial charge in [0.2, 0.25) is 11.8 Å². The van der Waals surface area contributed by atoms with Crippen molar-refractivity contribution in [3.8, 4) is 0 Å². The zero-order valence-corrected chi connectivity index (χ0v) is 20.5. The van der Waals surface area contributed by atoms with E-state index in [0.717, 1.165) is 55.6 Å². The Labute approximate surface area is 203 Å². The van der Waals surface area contributed by atoms with Crippen LogP contribution in [0.4, 0.5) is 5.69 Å². The Morgan fingerprint density at radius 1 is 0.971 bits per heavy atom. The first-order valence-electron chi connectivity index (χ1n) is 12.5.